The van der Waals surface area contributed by atoms with Gasteiger partial charge >= 0.3 is 0 Å². The Hall–Kier alpha value is -2.49. The molecule has 0 saturated carbocycles. The maximum Gasteiger partial charge on any atom is 0.260 e. The monoisotopic (exact) mass is 367 g/mol. The van der Waals surface area contributed by atoms with Crippen LogP contribution in [0.5, 0.6) is 11.5 Å². The van der Waals surface area contributed by atoms with E-state index in [-0.39, 0.29) is 12.5 Å². The number of aryl methyl sites for hydroxylation is 2. The fourth-order valence-electron chi connectivity index (χ4n) is 3.62. The van der Waals surface area contributed by atoms with Crippen LogP contribution in [0.1, 0.15) is 36.0 Å². The number of nitrogens with zero attached hydrogens (tertiary/aromatic N) is 1. The fourth-order valence-corrected chi connectivity index (χ4v) is 3.62. The molecule has 2 aromatic carbocycles. The van der Waals surface area contributed by atoms with Crippen LogP contribution in [-0.2, 0) is 11.2 Å². The molecule has 3 rings (SSSR count). The van der Waals surface area contributed by atoms with Crippen LogP contribution in [0.2, 0.25) is 0 Å². The first-order valence-electron chi connectivity index (χ1n) is 9.77. The van der Waals surface area contributed by atoms with Crippen LogP contribution >= 0.6 is 0 Å². The minimum atomic E-state index is 0.0768. The van der Waals surface area contributed by atoms with Crippen molar-refractivity contribution in [3.8, 4) is 11.5 Å². The highest BCUT2D eigenvalue weighted by molar-refractivity contribution is 5.77. The molecule has 0 spiro atoms. The van der Waals surface area contributed by atoms with Gasteiger partial charge in [-0.3, -0.25) is 4.79 Å². The minimum absolute atomic E-state index is 0.0768. The van der Waals surface area contributed by atoms with Gasteiger partial charge in [-0.15, -0.1) is 0 Å². The summed E-state index contributed by atoms with van der Waals surface area (Å²) in [7, 11) is 0. The van der Waals surface area contributed by atoms with Crippen LogP contribution in [0.4, 0.5) is 0 Å². The molecule has 1 N–H and O–H groups in total. The third-order valence-corrected chi connectivity index (χ3v) is 5.65. The molecule has 0 radical (unpaired) electrons. The number of benzene rings is 2. The summed E-state index contributed by atoms with van der Waals surface area (Å²) >= 11 is 0. The van der Waals surface area contributed by atoms with E-state index in [1.165, 1.54) is 11.1 Å². The van der Waals surface area contributed by atoms with Gasteiger partial charge in [0, 0.05) is 13.1 Å². The molecule has 1 fully saturated rings. The van der Waals surface area contributed by atoms with Gasteiger partial charge in [0.15, 0.2) is 6.61 Å². The Kier molecular flexibility index (Phi) is 6.38. The number of rotatable bonds is 6. The first-order valence-corrected chi connectivity index (χ1v) is 9.77. The van der Waals surface area contributed by atoms with Crippen LogP contribution < -0.4 is 4.74 Å². The van der Waals surface area contributed by atoms with E-state index in [0.717, 1.165) is 50.1 Å². The molecule has 1 saturated heterocycles. The predicted molar refractivity (Wildman–Crippen MR) is 107 cm³/mol. The molecular weight excluding hydrogens is 338 g/mol. The molecule has 0 atom stereocenters. The molecule has 4 nitrogen and oxygen atoms in total. The third kappa shape index (κ3) is 5.25. The van der Waals surface area contributed by atoms with Crippen molar-refractivity contribution < 1.29 is 14.6 Å². The highest BCUT2D eigenvalue weighted by Crippen LogP contribution is 2.24. The highest BCUT2D eigenvalue weighted by Gasteiger charge is 2.23. The van der Waals surface area contributed by atoms with E-state index in [1.807, 2.05) is 49.1 Å². The summed E-state index contributed by atoms with van der Waals surface area (Å²) in [6.45, 7) is 5.81. The number of likely N-dealkylation sites (tertiary alicyclic amines) is 1. The van der Waals surface area contributed by atoms with Gasteiger partial charge in [-0.25, -0.2) is 0 Å². The lowest BCUT2D eigenvalue weighted by Crippen LogP contribution is -2.41. The number of phenolic OH excluding ortho intramolecular Hbond substituents is 1. The number of hydrogen-bond acceptors (Lipinski definition) is 3. The Labute approximate surface area is 161 Å². The minimum Gasteiger partial charge on any atom is -0.508 e. The molecule has 1 aliphatic rings. The summed E-state index contributed by atoms with van der Waals surface area (Å²) in [5, 5.41) is 9.35. The summed E-state index contributed by atoms with van der Waals surface area (Å²) in [6, 6.07) is 13.4. The van der Waals surface area contributed by atoms with Crippen molar-refractivity contribution >= 4 is 5.91 Å². The Bertz CT molecular complexity index is 762. The number of carbonyl (C=O) groups excluding carboxylic acids is 1. The first-order chi connectivity index (χ1) is 13.0. The van der Waals surface area contributed by atoms with Gasteiger partial charge in [0.05, 0.1) is 0 Å². The molecule has 144 valence electrons. The first kappa shape index (κ1) is 19.3. The average molecular weight is 367 g/mol. The van der Waals surface area contributed by atoms with Crippen LogP contribution in [-0.4, -0.2) is 35.6 Å². The van der Waals surface area contributed by atoms with Gasteiger partial charge in [0.2, 0.25) is 0 Å². The molecule has 0 unspecified atom stereocenters. The van der Waals surface area contributed by atoms with Gasteiger partial charge in [-0.2, -0.15) is 0 Å². The summed E-state index contributed by atoms with van der Waals surface area (Å²) < 4.78 is 5.76. The van der Waals surface area contributed by atoms with Crippen molar-refractivity contribution in [3.63, 3.8) is 0 Å². The average Bonchev–Trinajstić information content (AvgIpc) is 2.69. The normalized spacial score (nSPS) is 15.0. The second-order valence-electron chi connectivity index (χ2n) is 7.52. The zero-order valence-corrected chi connectivity index (χ0v) is 16.3. The number of amides is 1. The van der Waals surface area contributed by atoms with E-state index >= 15 is 0 Å². The van der Waals surface area contributed by atoms with Crippen LogP contribution in [0.25, 0.3) is 0 Å². The van der Waals surface area contributed by atoms with Crippen molar-refractivity contribution in [1.29, 1.82) is 0 Å². The Morgan fingerprint density at radius 3 is 2.52 bits per heavy atom. The van der Waals surface area contributed by atoms with E-state index in [2.05, 4.69) is 0 Å². The fraction of sp³-hybridized carbons (Fsp3) is 0.435. The van der Waals surface area contributed by atoms with Crippen LogP contribution in [0, 0.1) is 19.8 Å². The molecule has 1 heterocycles. The smallest absolute Gasteiger partial charge is 0.260 e. The summed E-state index contributed by atoms with van der Waals surface area (Å²) in [6.07, 6.45) is 4.25. The maximum atomic E-state index is 12.5. The Morgan fingerprint density at radius 2 is 1.81 bits per heavy atom. The summed E-state index contributed by atoms with van der Waals surface area (Å²) in [5.41, 5.74) is 3.53. The highest BCUT2D eigenvalue weighted by atomic mass is 16.5. The largest absolute Gasteiger partial charge is 0.508 e. The lowest BCUT2D eigenvalue weighted by molar-refractivity contribution is -0.134. The number of carbonyl (C=O) groups is 1. The quantitative estimate of drug-likeness (QED) is 0.830. The molecule has 1 aliphatic heterocycles. The van der Waals surface area contributed by atoms with Crippen LogP contribution in [0.15, 0.2) is 42.5 Å². The molecule has 0 aliphatic carbocycles. The Morgan fingerprint density at radius 1 is 1.11 bits per heavy atom. The van der Waals surface area contributed by atoms with Crippen molar-refractivity contribution in [2.75, 3.05) is 19.7 Å². The number of phenols is 1. The van der Waals surface area contributed by atoms with E-state index in [1.54, 1.807) is 12.1 Å². The molecule has 1 amide bonds. The van der Waals surface area contributed by atoms with Crippen LogP contribution in [0.3, 0.4) is 0 Å². The van der Waals surface area contributed by atoms with E-state index in [4.69, 9.17) is 4.74 Å². The standard InChI is InChI=1S/C23H29NO3/c1-17-4-3-5-22(18(17)2)27-16-23(26)24-14-12-20(13-15-24)7-6-19-8-10-21(25)11-9-19/h3-5,8-11,20,25H,6-7,12-16H2,1-2H3. The van der Waals surface area contributed by atoms with E-state index in [0.29, 0.717) is 11.7 Å². The second-order valence-corrected chi connectivity index (χ2v) is 7.52. The van der Waals surface area contributed by atoms with Gasteiger partial charge in [0.1, 0.15) is 11.5 Å². The van der Waals surface area contributed by atoms with Crippen molar-refractivity contribution in [2.45, 2.75) is 39.5 Å². The second kappa shape index (κ2) is 8.94. The van der Waals surface area contributed by atoms with E-state index < -0.39 is 0 Å². The zero-order valence-electron chi connectivity index (χ0n) is 16.3. The maximum absolute atomic E-state index is 12.5. The third-order valence-electron chi connectivity index (χ3n) is 5.65. The van der Waals surface area contributed by atoms with Crippen molar-refractivity contribution in [3.05, 3.63) is 59.2 Å². The molecule has 27 heavy (non-hydrogen) atoms. The topological polar surface area (TPSA) is 49.8 Å². The summed E-state index contributed by atoms with van der Waals surface area (Å²) in [4.78, 5) is 14.4. The zero-order chi connectivity index (χ0) is 19.2. The molecule has 0 bridgehead atoms. The van der Waals surface area contributed by atoms with Gasteiger partial charge < -0.3 is 14.7 Å². The van der Waals surface area contributed by atoms with Crippen molar-refractivity contribution in [1.82, 2.24) is 4.90 Å². The molecule has 2 aromatic rings. The molecule has 0 aromatic heterocycles. The SMILES string of the molecule is Cc1cccc(OCC(=O)N2CCC(CCc3ccc(O)cc3)CC2)c1C. The Balaban J connectivity index is 1.41. The van der Waals surface area contributed by atoms with Gasteiger partial charge in [0.25, 0.3) is 5.91 Å². The van der Waals surface area contributed by atoms with Crippen molar-refractivity contribution in [2.24, 2.45) is 5.92 Å². The number of ether oxygens (including phenoxy) is 1. The van der Waals surface area contributed by atoms with Gasteiger partial charge in [-0.05, 0) is 80.3 Å². The number of aromatic hydroxyl groups is 1. The lowest BCUT2D eigenvalue weighted by atomic mass is 9.90. The number of hydrogen-bond donors (Lipinski definition) is 1. The van der Waals surface area contributed by atoms with Gasteiger partial charge in [-0.1, -0.05) is 24.3 Å². The molecular formula is C23H29NO3. The molecule has 4 heteroatoms. The number of piperidine rings is 1. The van der Waals surface area contributed by atoms with E-state index in [9.17, 15) is 9.90 Å². The lowest BCUT2D eigenvalue weighted by Gasteiger charge is -2.32. The summed E-state index contributed by atoms with van der Waals surface area (Å²) in [5.74, 6) is 1.84. The predicted octanol–water partition coefficient (Wildman–Crippen LogP) is 4.26.